The molecule has 0 bridgehead atoms. The second kappa shape index (κ2) is 6.68. The van der Waals surface area contributed by atoms with Gasteiger partial charge in [0.15, 0.2) is 0 Å². The van der Waals surface area contributed by atoms with Crippen molar-refractivity contribution in [1.29, 1.82) is 0 Å². The fraction of sp³-hybridized carbons (Fsp3) is 0.438. The van der Waals surface area contributed by atoms with Crippen molar-refractivity contribution < 1.29 is 19.5 Å². The molecule has 4 N–H and O–H groups in total. The van der Waals surface area contributed by atoms with E-state index in [0.29, 0.717) is 30.6 Å². The summed E-state index contributed by atoms with van der Waals surface area (Å²) in [5, 5.41) is 16.9. The number of carbonyl (C=O) groups is 3. The third kappa shape index (κ3) is 4.98. The number of aliphatic carboxylic acids is 1. The summed E-state index contributed by atoms with van der Waals surface area (Å²) >= 11 is 0. The van der Waals surface area contributed by atoms with Gasteiger partial charge in [0.2, 0.25) is 5.91 Å². The molecular formula is C16H21N3O4. The maximum Gasteiger partial charge on any atom is 0.319 e. The molecule has 0 saturated heterocycles. The standard InChI is InChI=1S/C16H21N3O4/c1-16(2,8-7-14(21)22)19-15(23)17-11-5-3-10-4-6-13(20)18-12(10)9-11/h3,5,9H,4,6-8H2,1-2H3,(H,18,20)(H,21,22)(H2,17,19,23). The van der Waals surface area contributed by atoms with Crippen molar-refractivity contribution in [3.8, 4) is 0 Å². The van der Waals surface area contributed by atoms with Crippen LogP contribution in [0.4, 0.5) is 16.2 Å². The van der Waals surface area contributed by atoms with Crippen LogP contribution in [0.15, 0.2) is 18.2 Å². The third-order valence-corrected chi connectivity index (χ3v) is 3.68. The molecule has 1 heterocycles. The highest BCUT2D eigenvalue weighted by Gasteiger charge is 2.22. The number of aryl methyl sites for hydroxylation is 1. The van der Waals surface area contributed by atoms with Gasteiger partial charge in [-0.3, -0.25) is 9.59 Å². The van der Waals surface area contributed by atoms with Crippen LogP contribution in [0.1, 0.15) is 38.7 Å². The number of carboxylic acid groups (broad SMARTS) is 1. The highest BCUT2D eigenvalue weighted by molar-refractivity contribution is 5.96. The second-order valence-corrected chi connectivity index (χ2v) is 6.28. The number of fused-ring (bicyclic) bond motifs is 1. The normalized spacial score (nSPS) is 13.7. The van der Waals surface area contributed by atoms with E-state index in [1.54, 1.807) is 26.0 Å². The number of carbonyl (C=O) groups excluding carboxylic acids is 2. The van der Waals surface area contributed by atoms with Crippen LogP contribution in [0.2, 0.25) is 0 Å². The molecule has 1 aliphatic rings. The van der Waals surface area contributed by atoms with Gasteiger partial charge in [-0.15, -0.1) is 0 Å². The van der Waals surface area contributed by atoms with Crippen LogP contribution in [-0.4, -0.2) is 28.6 Å². The fourth-order valence-electron chi connectivity index (χ4n) is 2.40. The quantitative estimate of drug-likeness (QED) is 0.668. The largest absolute Gasteiger partial charge is 0.481 e. The van der Waals surface area contributed by atoms with Crippen molar-refractivity contribution in [1.82, 2.24) is 5.32 Å². The Morgan fingerprint density at radius 1 is 1.30 bits per heavy atom. The molecule has 7 nitrogen and oxygen atoms in total. The summed E-state index contributed by atoms with van der Waals surface area (Å²) in [5.41, 5.74) is 1.68. The Morgan fingerprint density at radius 3 is 2.74 bits per heavy atom. The number of urea groups is 1. The van der Waals surface area contributed by atoms with E-state index in [4.69, 9.17) is 5.11 Å². The minimum atomic E-state index is -0.897. The molecule has 1 aromatic rings. The number of amides is 3. The van der Waals surface area contributed by atoms with Crippen LogP contribution in [0.25, 0.3) is 0 Å². The molecule has 1 aromatic carbocycles. The Bertz CT molecular complexity index is 640. The molecule has 23 heavy (non-hydrogen) atoms. The summed E-state index contributed by atoms with van der Waals surface area (Å²) < 4.78 is 0. The maximum atomic E-state index is 12.0. The number of rotatable bonds is 5. The monoisotopic (exact) mass is 319 g/mol. The van der Waals surface area contributed by atoms with E-state index in [-0.39, 0.29) is 12.3 Å². The fourth-order valence-corrected chi connectivity index (χ4v) is 2.40. The SMILES string of the molecule is CC(C)(CCC(=O)O)NC(=O)Nc1ccc2c(c1)NC(=O)CC2. The minimum absolute atomic E-state index is 0.0157. The van der Waals surface area contributed by atoms with E-state index in [0.717, 1.165) is 5.56 Å². The molecule has 1 aliphatic heterocycles. The van der Waals surface area contributed by atoms with Crippen LogP contribution in [0, 0.1) is 0 Å². The molecule has 3 amide bonds. The molecule has 0 spiro atoms. The Kier molecular flexibility index (Phi) is 4.88. The van der Waals surface area contributed by atoms with E-state index < -0.39 is 17.5 Å². The highest BCUT2D eigenvalue weighted by Crippen LogP contribution is 2.26. The van der Waals surface area contributed by atoms with Crippen molar-refractivity contribution in [3.05, 3.63) is 23.8 Å². The molecule has 0 saturated carbocycles. The number of anilines is 2. The minimum Gasteiger partial charge on any atom is -0.481 e. The zero-order valence-electron chi connectivity index (χ0n) is 13.2. The molecule has 0 aromatic heterocycles. The van der Waals surface area contributed by atoms with Gasteiger partial charge >= 0.3 is 12.0 Å². The first-order valence-electron chi connectivity index (χ1n) is 7.49. The summed E-state index contributed by atoms with van der Waals surface area (Å²) in [6, 6.07) is 4.96. The van der Waals surface area contributed by atoms with Gasteiger partial charge in [0.1, 0.15) is 0 Å². The van der Waals surface area contributed by atoms with Crippen molar-refractivity contribution in [3.63, 3.8) is 0 Å². The van der Waals surface area contributed by atoms with Crippen molar-refractivity contribution in [2.75, 3.05) is 10.6 Å². The van der Waals surface area contributed by atoms with E-state index in [2.05, 4.69) is 16.0 Å². The van der Waals surface area contributed by atoms with Crippen LogP contribution >= 0.6 is 0 Å². The Morgan fingerprint density at radius 2 is 2.04 bits per heavy atom. The molecule has 0 unspecified atom stereocenters. The van der Waals surface area contributed by atoms with Gasteiger partial charge in [0, 0.05) is 29.8 Å². The Hall–Kier alpha value is -2.57. The molecule has 124 valence electrons. The predicted molar refractivity (Wildman–Crippen MR) is 86.5 cm³/mol. The van der Waals surface area contributed by atoms with Crippen LogP contribution in [0.5, 0.6) is 0 Å². The molecule has 0 aliphatic carbocycles. The molecule has 0 fully saturated rings. The average Bonchev–Trinajstić information content (AvgIpc) is 2.44. The number of carboxylic acids is 1. The molecule has 7 heteroatoms. The van der Waals surface area contributed by atoms with Crippen molar-refractivity contribution in [2.45, 2.75) is 45.1 Å². The van der Waals surface area contributed by atoms with Crippen LogP contribution in [-0.2, 0) is 16.0 Å². The van der Waals surface area contributed by atoms with E-state index in [9.17, 15) is 14.4 Å². The van der Waals surface area contributed by atoms with Gasteiger partial charge in [-0.05, 0) is 44.4 Å². The summed E-state index contributed by atoms with van der Waals surface area (Å²) in [6.45, 7) is 3.53. The first-order valence-corrected chi connectivity index (χ1v) is 7.49. The molecule has 0 atom stereocenters. The lowest BCUT2D eigenvalue weighted by Crippen LogP contribution is -2.45. The topological polar surface area (TPSA) is 108 Å². The Balaban J connectivity index is 1.96. The van der Waals surface area contributed by atoms with Gasteiger partial charge < -0.3 is 21.1 Å². The number of hydrogen-bond acceptors (Lipinski definition) is 3. The van der Waals surface area contributed by atoms with Crippen molar-refractivity contribution >= 4 is 29.3 Å². The summed E-state index contributed by atoms with van der Waals surface area (Å²) in [5.74, 6) is -0.931. The van der Waals surface area contributed by atoms with E-state index in [1.165, 1.54) is 0 Å². The summed E-state index contributed by atoms with van der Waals surface area (Å²) in [4.78, 5) is 34.1. The molecule has 2 rings (SSSR count). The molecule has 0 radical (unpaired) electrons. The number of hydrogen-bond donors (Lipinski definition) is 4. The van der Waals surface area contributed by atoms with Gasteiger partial charge in [-0.1, -0.05) is 6.07 Å². The van der Waals surface area contributed by atoms with Gasteiger partial charge in [0.25, 0.3) is 0 Å². The van der Waals surface area contributed by atoms with Gasteiger partial charge in [-0.25, -0.2) is 4.79 Å². The van der Waals surface area contributed by atoms with Crippen LogP contribution < -0.4 is 16.0 Å². The molecular weight excluding hydrogens is 298 g/mol. The van der Waals surface area contributed by atoms with E-state index in [1.807, 2.05) is 6.07 Å². The second-order valence-electron chi connectivity index (χ2n) is 6.28. The maximum absolute atomic E-state index is 12.0. The first-order chi connectivity index (χ1) is 10.7. The lowest BCUT2D eigenvalue weighted by Gasteiger charge is -2.26. The van der Waals surface area contributed by atoms with Crippen molar-refractivity contribution in [2.24, 2.45) is 0 Å². The lowest BCUT2D eigenvalue weighted by molar-refractivity contribution is -0.137. The summed E-state index contributed by atoms with van der Waals surface area (Å²) in [6.07, 6.45) is 1.47. The summed E-state index contributed by atoms with van der Waals surface area (Å²) in [7, 11) is 0. The predicted octanol–water partition coefficient (Wildman–Crippen LogP) is 2.34. The first kappa shape index (κ1) is 16.8. The lowest BCUT2D eigenvalue weighted by atomic mass is 9.99. The van der Waals surface area contributed by atoms with Crippen LogP contribution in [0.3, 0.4) is 0 Å². The third-order valence-electron chi connectivity index (χ3n) is 3.68. The average molecular weight is 319 g/mol. The number of benzene rings is 1. The van der Waals surface area contributed by atoms with Gasteiger partial charge in [0.05, 0.1) is 0 Å². The number of nitrogens with one attached hydrogen (secondary N) is 3. The zero-order valence-corrected chi connectivity index (χ0v) is 13.2. The van der Waals surface area contributed by atoms with E-state index >= 15 is 0 Å². The smallest absolute Gasteiger partial charge is 0.319 e. The Labute approximate surface area is 134 Å². The zero-order chi connectivity index (χ0) is 17.0. The highest BCUT2D eigenvalue weighted by atomic mass is 16.4. The van der Waals surface area contributed by atoms with Gasteiger partial charge in [-0.2, -0.15) is 0 Å².